The second kappa shape index (κ2) is 6.14. The van der Waals surface area contributed by atoms with Crippen molar-refractivity contribution in [3.05, 3.63) is 33.8 Å². The molecule has 1 aliphatic rings. The van der Waals surface area contributed by atoms with Gasteiger partial charge < -0.3 is 5.32 Å². The van der Waals surface area contributed by atoms with Crippen LogP contribution in [0.15, 0.2) is 18.2 Å². The summed E-state index contributed by atoms with van der Waals surface area (Å²) in [4.78, 5) is 12.1. The van der Waals surface area contributed by atoms with E-state index < -0.39 is 0 Å². The Bertz CT molecular complexity index is 450. The van der Waals surface area contributed by atoms with E-state index >= 15 is 0 Å². The molecule has 1 aromatic rings. The van der Waals surface area contributed by atoms with Gasteiger partial charge in [0.15, 0.2) is 0 Å². The predicted octanol–water partition coefficient (Wildman–Crippen LogP) is 4.13. The van der Waals surface area contributed by atoms with Gasteiger partial charge >= 0.3 is 0 Å². The van der Waals surface area contributed by atoms with Crippen molar-refractivity contribution in [3.8, 4) is 0 Å². The lowest BCUT2D eigenvalue weighted by molar-refractivity contribution is 0.0930. The molecule has 2 atom stereocenters. The first-order valence-electron chi connectivity index (χ1n) is 5.93. The number of alkyl halides is 1. The summed E-state index contributed by atoms with van der Waals surface area (Å²) < 4.78 is 0. The fourth-order valence-corrected chi connectivity index (χ4v) is 2.97. The molecule has 1 amide bonds. The van der Waals surface area contributed by atoms with Crippen molar-refractivity contribution in [2.24, 2.45) is 5.92 Å². The van der Waals surface area contributed by atoms with Gasteiger partial charge in [0.05, 0.1) is 10.0 Å². The van der Waals surface area contributed by atoms with E-state index in [2.05, 4.69) is 5.32 Å². The number of amides is 1. The molecule has 2 unspecified atom stereocenters. The lowest BCUT2D eigenvalue weighted by atomic mass is 10.1. The average molecular weight is 307 g/mol. The smallest absolute Gasteiger partial charge is 0.251 e. The van der Waals surface area contributed by atoms with Crippen LogP contribution in [0.1, 0.15) is 29.6 Å². The Morgan fingerprint density at radius 1 is 1.28 bits per heavy atom. The second-order valence-electron chi connectivity index (χ2n) is 4.55. The van der Waals surface area contributed by atoms with Gasteiger partial charge in [-0.1, -0.05) is 29.6 Å². The molecule has 5 heteroatoms. The first kappa shape index (κ1) is 14.0. The molecule has 18 heavy (non-hydrogen) atoms. The first-order valence-corrected chi connectivity index (χ1v) is 7.22. The molecule has 2 rings (SSSR count). The van der Waals surface area contributed by atoms with Crippen molar-refractivity contribution < 1.29 is 4.79 Å². The van der Waals surface area contributed by atoms with Gasteiger partial charge in [0.2, 0.25) is 0 Å². The van der Waals surface area contributed by atoms with Gasteiger partial charge in [0.25, 0.3) is 5.91 Å². The molecular weight excluding hydrogens is 293 g/mol. The highest BCUT2D eigenvalue weighted by molar-refractivity contribution is 6.42. The van der Waals surface area contributed by atoms with Gasteiger partial charge in [0.1, 0.15) is 0 Å². The van der Waals surface area contributed by atoms with E-state index in [0.717, 1.165) is 19.3 Å². The summed E-state index contributed by atoms with van der Waals surface area (Å²) in [6, 6.07) is 5.06. The Labute approximate surface area is 122 Å². The van der Waals surface area contributed by atoms with Crippen molar-refractivity contribution in [2.75, 3.05) is 5.88 Å². The summed E-state index contributed by atoms with van der Waals surface area (Å²) in [5, 5.41) is 3.86. The summed E-state index contributed by atoms with van der Waals surface area (Å²) in [5.74, 6) is 0.848. The highest BCUT2D eigenvalue weighted by atomic mass is 35.5. The van der Waals surface area contributed by atoms with Crippen LogP contribution in [0.5, 0.6) is 0 Å². The molecular formula is C13H14Cl3NO. The summed E-state index contributed by atoms with van der Waals surface area (Å²) in [6.07, 6.45) is 3.18. The Hall–Kier alpha value is -0.440. The second-order valence-corrected chi connectivity index (χ2v) is 5.68. The van der Waals surface area contributed by atoms with E-state index in [0.29, 0.717) is 27.4 Å². The topological polar surface area (TPSA) is 29.1 Å². The maximum atomic E-state index is 12.1. The molecule has 1 aliphatic carbocycles. The van der Waals surface area contributed by atoms with Crippen molar-refractivity contribution in [3.63, 3.8) is 0 Å². The zero-order valence-electron chi connectivity index (χ0n) is 9.76. The molecule has 2 nitrogen and oxygen atoms in total. The van der Waals surface area contributed by atoms with E-state index in [1.54, 1.807) is 18.2 Å². The molecule has 0 heterocycles. The van der Waals surface area contributed by atoms with Crippen LogP contribution in [0, 0.1) is 5.92 Å². The molecule has 0 bridgehead atoms. The molecule has 1 saturated carbocycles. The monoisotopic (exact) mass is 305 g/mol. The lowest BCUT2D eigenvalue weighted by Gasteiger charge is -2.19. The van der Waals surface area contributed by atoms with E-state index in [1.165, 1.54) is 0 Å². The number of nitrogens with one attached hydrogen (secondary N) is 1. The van der Waals surface area contributed by atoms with Crippen molar-refractivity contribution in [1.29, 1.82) is 0 Å². The summed E-state index contributed by atoms with van der Waals surface area (Å²) >= 11 is 17.6. The van der Waals surface area contributed by atoms with Crippen molar-refractivity contribution in [1.82, 2.24) is 5.32 Å². The summed E-state index contributed by atoms with van der Waals surface area (Å²) in [6.45, 7) is 0. The Balaban J connectivity index is 2.05. The zero-order valence-corrected chi connectivity index (χ0v) is 12.0. The third kappa shape index (κ3) is 3.11. The van der Waals surface area contributed by atoms with Gasteiger partial charge in [-0.15, -0.1) is 11.6 Å². The van der Waals surface area contributed by atoms with Crippen LogP contribution in [0.4, 0.5) is 0 Å². The van der Waals surface area contributed by atoms with Crippen LogP contribution in [-0.4, -0.2) is 17.8 Å². The molecule has 1 N–H and O–H groups in total. The molecule has 0 saturated heterocycles. The molecule has 0 radical (unpaired) electrons. The standard InChI is InChI=1S/C13H14Cl3NO/c14-7-9-2-1-3-12(9)17-13(18)8-4-5-10(15)11(16)6-8/h4-6,9,12H,1-3,7H2,(H,17,18). The molecule has 1 aromatic carbocycles. The minimum absolute atomic E-state index is 0.115. The number of hydrogen-bond donors (Lipinski definition) is 1. The average Bonchev–Trinajstić information content (AvgIpc) is 2.79. The van der Waals surface area contributed by atoms with Gasteiger partial charge in [-0.05, 0) is 37.0 Å². The Morgan fingerprint density at radius 3 is 2.72 bits per heavy atom. The van der Waals surface area contributed by atoms with Gasteiger partial charge in [-0.25, -0.2) is 0 Å². The van der Waals surface area contributed by atoms with Gasteiger partial charge in [-0.3, -0.25) is 4.79 Å². The van der Waals surface area contributed by atoms with Gasteiger partial charge in [0, 0.05) is 17.5 Å². The maximum Gasteiger partial charge on any atom is 0.251 e. The van der Waals surface area contributed by atoms with Crippen LogP contribution in [0.3, 0.4) is 0 Å². The van der Waals surface area contributed by atoms with Crippen LogP contribution in [0.25, 0.3) is 0 Å². The van der Waals surface area contributed by atoms with Gasteiger partial charge in [-0.2, -0.15) is 0 Å². The maximum absolute atomic E-state index is 12.1. The molecule has 0 aliphatic heterocycles. The number of hydrogen-bond acceptors (Lipinski definition) is 1. The fourth-order valence-electron chi connectivity index (χ4n) is 2.30. The minimum Gasteiger partial charge on any atom is -0.349 e. The van der Waals surface area contributed by atoms with Crippen LogP contribution in [0.2, 0.25) is 10.0 Å². The normalized spacial score (nSPS) is 23.1. The largest absolute Gasteiger partial charge is 0.349 e. The first-order chi connectivity index (χ1) is 8.61. The molecule has 1 fully saturated rings. The number of carbonyl (C=O) groups excluding carboxylic acids is 1. The number of rotatable bonds is 3. The minimum atomic E-state index is -0.115. The lowest BCUT2D eigenvalue weighted by Crippen LogP contribution is -2.37. The van der Waals surface area contributed by atoms with Crippen molar-refractivity contribution in [2.45, 2.75) is 25.3 Å². The quantitative estimate of drug-likeness (QED) is 0.836. The van der Waals surface area contributed by atoms with Crippen LogP contribution < -0.4 is 5.32 Å². The Kier molecular flexibility index (Phi) is 4.77. The number of benzene rings is 1. The fraction of sp³-hybridized carbons (Fsp3) is 0.462. The van der Waals surface area contributed by atoms with E-state index in [4.69, 9.17) is 34.8 Å². The van der Waals surface area contributed by atoms with E-state index in [9.17, 15) is 4.79 Å². The summed E-state index contributed by atoms with van der Waals surface area (Å²) in [7, 11) is 0. The number of halogens is 3. The highest BCUT2D eigenvalue weighted by Crippen LogP contribution is 2.27. The predicted molar refractivity (Wildman–Crippen MR) is 75.8 cm³/mol. The number of carbonyl (C=O) groups is 1. The Morgan fingerprint density at radius 2 is 2.06 bits per heavy atom. The van der Waals surface area contributed by atoms with Crippen molar-refractivity contribution >= 4 is 40.7 Å². The molecule has 0 spiro atoms. The van der Waals surface area contributed by atoms with Crippen LogP contribution >= 0.6 is 34.8 Å². The van der Waals surface area contributed by atoms with Crippen LogP contribution in [-0.2, 0) is 0 Å². The SMILES string of the molecule is O=C(NC1CCCC1CCl)c1ccc(Cl)c(Cl)c1. The molecule has 98 valence electrons. The highest BCUT2D eigenvalue weighted by Gasteiger charge is 2.28. The van der Waals surface area contributed by atoms with E-state index in [-0.39, 0.29) is 11.9 Å². The third-order valence-corrected chi connectivity index (χ3v) is 4.49. The zero-order chi connectivity index (χ0) is 13.1. The summed E-state index contributed by atoms with van der Waals surface area (Å²) in [5.41, 5.74) is 0.532. The van der Waals surface area contributed by atoms with E-state index in [1.807, 2.05) is 0 Å². The third-order valence-electron chi connectivity index (χ3n) is 3.36. The molecule has 0 aromatic heterocycles.